The Bertz CT molecular complexity index is 1000. The Hall–Kier alpha value is -2.16. The zero-order valence-corrected chi connectivity index (χ0v) is 20.3. The first-order valence-corrected chi connectivity index (χ1v) is 10.6. The van der Waals surface area contributed by atoms with Crippen molar-refractivity contribution in [2.24, 2.45) is 4.99 Å². The van der Waals surface area contributed by atoms with Crippen LogP contribution in [0.25, 0.3) is 10.9 Å². The molecule has 3 aromatic rings. The Kier molecular flexibility index (Phi) is 7.69. The van der Waals surface area contributed by atoms with Gasteiger partial charge in [-0.05, 0) is 50.8 Å². The molecule has 7 heteroatoms. The van der Waals surface area contributed by atoms with Gasteiger partial charge in [-0.2, -0.15) is 5.10 Å². The number of fused-ring (bicyclic) bond motifs is 2. The summed E-state index contributed by atoms with van der Waals surface area (Å²) in [4.78, 5) is 9.39. The van der Waals surface area contributed by atoms with Crippen LogP contribution in [0, 0.1) is 0 Å². The van der Waals surface area contributed by atoms with Crippen molar-refractivity contribution in [3.8, 4) is 0 Å². The molecule has 0 spiro atoms. The van der Waals surface area contributed by atoms with Crippen molar-refractivity contribution >= 4 is 40.8 Å². The highest BCUT2D eigenvalue weighted by Crippen LogP contribution is 2.22. The number of nitrogens with one attached hydrogen (secondary N) is 2. The first-order valence-electron chi connectivity index (χ1n) is 10.6. The Labute approximate surface area is 195 Å². The lowest BCUT2D eigenvalue weighted by Gasteiger charge is -2.24. The molecular weight excluding hydrogens is 487 g/mol. The quantitative estimate of drug-likeness (QED) is 0.301. The number of aryl methyl sites for hydroxylation is 1. The van der Waals surface area contributed by atoms with Crippen LogP contribution in [0.1, 0.15) is 50.1 Å². The number of hydrogen-bond donors (Lipinski definition) is 2. The second-order valence-electron chi connectivity index (χ2n) is 7.95. The van der Waals surface area contributed by atoms with E-state index in [1.54, 1.807) is 0 Å². The van der Waals surface area contributed by atoms with Gasteiger partial charge in [0, 0.05) is 42.8 Å². The molecule has 6 nitrogen and oxygen atoms in total. The number of nitrogens with zero attached hydrogens (tertiary/aromatic N) is 4. The molecule has 1 aliphatic carbocycles. The minimum absolute atomic E-state index is 0. The van der Waals surface area contributed by atoms with E-state index in [0.717, 1.165) is 48.2 Å². The van der Waals surface area contributed by atoms with Gasteiger partial charge in [0.05, 0.1) is 17.8 Å². The molecule has 30 heavy (non-hydrogen) atoms. The summed E-state index contributed by atoms with van der Waals surface area (Å²) in [5.74, 6) is 0.858. The number of benzene rings is 1. The maximum Gasteiger partial charge on any atom is 0.191 e. The molecule has 2 heterocycles. The highest BCUT2D eigenvalue weighted by molar-refractivity contribution is 14.0. The van der Waals surface area contributed by atoms with Crippen LogP contribution in [0.4, 0.5) is 0 Å². The molecule has 1 aromatic carbocycles. The van der Waals surface area contributed by atoms with Gasteiger partial charge in [-0.15, -0.1) is 24.0 Å². The summed E-state index contributed by atoms with van der Waals surface area (Å²) >= 11 is 0. The Morgan fingerprint density at radius 3 is 2.90 bits per heavy atom. The number of para-hydroxylation sites is 1. The monoisotopic (exact) mass is 518 g/mol. The van der Waals surface area contributed by atoms with Crippen molar-refractivity contribution < 1.29 is 0 Å². The van der Waals surface area contributed by atoms with Crippen LogP contribution < -0.4 is 10.6 Å². The third-order valence-corrected chi connectivity index (χ3v) is 5.43. The van der Waals surface area contributed by atoms with Gasteiger partial charge in [-0.25, -0.2) is 4.99 Å². The summed E-state index contributed by atoms with van der Waals surface area (Å²) in [5.41, 5.74) is 4.77. The summed E-state index contributed by atoms with van der Waals surface area (Å²) in [7, 11) is 0. The van der Waals surface area contributed by atoms with Gasteiger partial charge < -0.3 is 10.6 Å². The molecule has 0 saturated heterocycles. The van der Waals surface area contributed by atoms with Gasteiger partial charge in [0.25, 0.3) is 0 Å². The minimum Gasteiger partial charge on any atom is -0.357 e. The normalized spacial score (nSPS) is 16.3. The average Bonchev–Trinajstić information content (AvgIpc) is 3.16. The zero-order chi connectivity index (χ0) is 20.2. The van der Waals surface area contributed by atoms with Crippen molar-refractivity contribution in [1.29, 1.82) is 0 Å². The van der Waals surface area contributed by atoms with Gasteiger partial charge in [0.15, 0.2) is 5.96 Å². The second-order valence-corrected chi connectivity index (χ2v) is 7.95. The van der Waals surface area contributed by atoms with E-state index >= 15 is 0 Å². The topological polar surface area (TPSA) is 67.1 Å². The van der Waals surface area contributed by atoms with Crippen LogP contribution in [-0.4, -0.2) is 33.3 Å². The molecule has 2 aromatic heterocycles. The molecule has 0 fully saturated rings. The number of aromatic nitrogens is 3. The van der Waals surface area contributed by atoms with Gasteiger partial charge in [-0.1, -0.05) is 24.3 Å². The molecule has 1 atom stereocenters. The van der Waals surface area contributed by atoms with Crippen molar-refractivity contribution in [3.05, 3.63) is 59.5 Å². The second kappa shape index (κ2) is 10.2. The fraction of sp³-hybridized carbons (Fsp3) is 0.435. The predicted molar refractivity (Wildman–Crippen MR) is 134 cm³/mol. The van der Waals surface area contributed by atoms with E-state index in [9.17, 15) is 0 Å². The number of pyridine rings is 1. The van der Waals surface area contributed by atoms with E-state index in [4.69, 9.17) is 10.1 Å². The van der Waals surface area contributed by atoms with E-state index in [1.807, 2.05) is 12.3 Å². The van der Waals surface area contributed by atoms with Crippen LogP contribution in [0.5, 0.6) is 0 Å². The Balaban J connectivity index is 0.00000256. The lowest BCUT2D eigenvalue weighted by molar-refractivity contribution is 0.499. The predicted octanol–water partition coefficient (Wildman–Crippen LogP) is 4.24. The largest absolute Gasteiger partial charge is 0.357 e. The number of halogens is 1. The summed E-state index contributed by atoms with van der Waals surface area (Å²) < 4.78 is 2.08. The SMILES string of the molecule is CCNC(=NCc1cccc2cccnc12)NC1CCc2cn(C(C)C)nc2C1.I. The minimum atomic E-state index is 0. The lowest BCUT2D eigenvalue weighted by Crippen LogP contribution is -2.45. The first kappa shape index (κ1) is 22.5. The van der Waals surface area contributed by atoms with E-state index in [2.05, 4.69) is 71.5 Å². The van der Waals surface area contributed by atoms with Gasteiger partial charge in [0.2, 0.25) is 0 Å². The summed E-state index contributed by atoms with van der Waals surface area (Å²) in [6, 6.07) is 11.1. The molecule has 1 unspecified atom stereocenters. The summed E-state index contributed by atoms with van der Waals surface area (Å²) in [5, 5.41) is 13.0. The van der Waals surface area contributed by atoms with E-state index in [1.165, 1.54) is 11.3 Å². The number of rotatable bonds is 5. The molecule has 0 aliphatic heterocycles. The van der Waals surface area contributed by atoms with Crippen molar-refractivity contribution in [2.75, 3.05) is 6.54 Å². The lowest BCUT2D eigenvalue weighted by atomic mass is 9.94. The Morgan fingerprint density at radius 2 is 2.10 bits per heavy atom. The van der Waals surface area contributed by atoms with E-state index < -0.39 is 0 Å². The van der Waals surface area contributed by atoms with Gasteiger partial charge in [0.1, 0.15) is 0 Å². The third-order valence-electron chi connectivity index (χ3n) is 5.43. The molecule has 2 N–H and O–H groups in total. The smallest absolute Gasteiger partial charge is 0.191 e. The molecule has 160 valence electrons. The maximum atomic E-state index is 4.85. The molecular formula is C23H31IN6. The fourth-order valence-electron chi connectivity index (χ4n) is 3.87. The summed E-state index contributed by atoms with van der Waals surface area (Å²) in [6.07, 6.45) is 7.15. The molecule has 0 radical (unpaired) electrons. The highest BCUT2D eigenvalue weighted by Gasteiger charge is 2.23. The first-order chi connectivity index (χ1) is 14.1. The molecule has 0 bridgehead atoms. The third kappa shape index (κ3) is 5.11. The number of aliphatic imine (C=N–C) groups is 1. The zero-order valence-electron chi connectivity index (χ0n) is 17.9. The van der Waals surface area contributed by atoms with Crippen molar-refractivity contribution in [1.82, 2.24) is 25.4 Å². The standard InChI is InChI=1S/C23H30N6.HI/c1-4-24-23(26-14-18-8-5-7-17-9-6-12-25-22(17)18)27-20-11-10-19-15-29(16(2)3)28-21(19)13-20;/h5-9,12,15-16,20H,4,10-11,13-14H2,1-3H3,(H2,24,26,27);1H. The number of hydrogen-bond acceptors (Lipinski definition) is 3. The Morgan fingerprint density at radius 1 is 1.27 bits per heavy atom. The van der Waals surface area contributed by atoms with Crippen LogP contribution >= 0.6 is 24.0 Å². The van der Waals surface area contributed by atoms with E-state index in [-0.39, 0.29) is 24.0 Å². The van der Waals surface area contributed by atoms with Crippen molar-refractivity contribution in [3.63, 3.8) is 0 Å². The van der Waals surface area contributed by atoms with E-state index in [0.29, 0.717) is 18.6 Å². The van der Waals surface area contributed by atoms with Gasteiger partial charge >= 0.3 is 0 Å². The van der Waals surface area contributed by atoms with Crippen LogP contribution in [0.2, 0.25) is 0 Å². The number of guanidine groups is 1. The molecule has 0 amide bonds. The molecule has 1 aliphatic rings. The van der Waals surface area contributed by atoms with Crippen LogP contribution in [0.15, 0.2) is 47.7 Å². The molecule has 0 saturated carbocycles. The van der Waals surface area contributed by atoms with Crippen molar-refractivity contribution in [2.45, 2.75) is 58.7 Å². The van der Waals surface area contributed by atoms with Crippen LogP contribution in [0.3, 0.4) is 0 Å². The maximum absolute atomic E-state index is 4.85. The highest BCUT2D eigenvalue weighted by atomic mass is 127. The van der Waals surface area contributed by atoms with Gasteiger partial charge in [-0.3, -0.25) is 9.67 Å². The fourth-order valence-corrected chi connectivity index (χ4v) is 3.87. The average molecular weight is 518 g/mol. The summed E-state index contributed by atoms with van der Waals surface area (Å²) in [6.45, 7) is 7.88. The molecule has 4 rings (SSSR count). The van der Waals surface area contributed by atoms with Crippen LogP contribution in [-0.2, 0) is 19.4 Å².